The zero-order valence-corrected chi connectivity index (χ0v) is 29.0. The number of carbonyl (C=O) groups is 4. The molecule has 0 bridgehead atoms. The molecule has 2 aromatic carbocycles. The number of carboxylic acid groups (broad SMARTS) is 1. The lowest BCUT2D eigenvalue weighted by Crippen LogP contribution is -2.52. The number of rotatable bonds is 11. The van der Waals surface area contributed by atoms with E-state index in [2.05, 4.69) is 34.2 Å². The highest BCUT2D eigenvalue weighted by Crippen LogP contribution is 2.35. The fourth-order valence-electron chi connectivity index (χ4n) is 7.05. The molecule has 3 saturated heterocycles. The second-order valence-corrected chi connectivity index (χ2v) is 13.7. The molecule has 4 fully saturated rings. The van der Waals surface area contributed by atoms with Crippen molar-refractivity contribution in [1.82, 2.24) is 24.9 Å². The number of nitrogens with zero attached hydrogens (tertiary/aromatic N) is 4. The largest absolute Gasteiger partial charge is 0.465 e. The number of methoxy groups -OCH3 is 1. The fraction of sp³-hybridized carbons (Fsp3) is 0.526. The number of alkyl halides is 1. The molecule has 272 valence electrons. The summed E-state index contributed by atoms with van der Waals surface area (Å²) in [6.45, 7) is 4.61. The highest BCUT2D eigenvalue weighted by atomic mass is 19.1. The summed E-state index contributed by atoms with van der Waals surface area (Å²) in [5, 5.41) is 12.6. The van der Waals surface area contributed by atoms with Crippen LogP contribution in [0.2, 0.25) is 0 Å². The van der Waals surface area contributed by atoms with Crippen molar-refractivity contribution in [2.75, 3.05) is 59.7 Å². The van der Waals surface area contributed by atoms with Crippen LogP contribution in [0.25, 0.3) is 0 Å². The summed E-state index contributed by atoms with van der Waals surface area (Å²) in [5.74, 6) is 5.28. The maximum absolute atomic E-state index is 14.3. The lowest BCUT2D eigenvalue weighted by molar-refractivity contribution is -0.140. The van der Waals surface area contributed by atoms with Crippen molar-refractivity contribution in [2.24, 2.45) is 5.92 Å². The summed E-state index contributed by atoms with van der Waals surface area (Å²) in [5.41, 5.74) is 3.87. The number of ether oxygens (including phenoxy) is 2. The molecule has 1 saturated carbocycles. The highest BCUT2D eigenvalue weighted by Gasteiger charge is 2.49. The van der Waals surface area contributed by atoms with E-state index in [1.54, 1.807) is 4.90 Å². The average molecular weight is 704 g/mol. The van der Waals surface area contributed by atoms with E-state index in [1.165, 1.54) is 17.6 Å². The summed E-state index contributed by atoms with van der Waals surface area (Å²) in [6.07, 6.45) is -1.35. The average Bonchev–Trinajstić information content (AvgIpc) is 3.78. The van der Waals surface area contributed by atoms with Crippen molar-refractivity contribution in [3.63, 3.8) is 0 Å². The van der Waals surface area contributed by atoms with Gasteiger partial charge < -0.3 is 29.7 Å². The van der Waals surface area contributed by atoms with Crippen molar-refractivity contribution >= 4 is 23.8 Å². The van der Waals surface area contributed by atoms with Gasteiger partial charge in [0.2, 0.25) is 17.7 Å². The second kappa shape index (κ2) is 16.7. The van der Waals surface area contributed by atoms with Crippen LogP contribution < -0.4 is 5.32 Å². The Balaban J connectivity index is 1.07. The zero-order valence-electron chi connectivity index (χ0n) is 29.0. The quantitative estimate of drug-likeness (QED) is 0.342. The zero-order chi connectivity index (χ0) is 35.9. The third kappa shape index (κ3) is 9.24. The minimum Gasteiger partial charge on any atom is -0.465 e. The summed E-state index contributed by atoms with van der Waals surface area (Å²) >= 11 is 0. The van der Waals surface area contributed by atoms with Crippen LogP contribution in [0, 0.1) is 17.8 Å². The molecule has 0 radical (unpaired) electrons. The van der Waals surface area contributed by atoms with E-state index in [9.17, 15) is 28.7 Å². The third-order valence-electron chi connectivity index (χ3n) is 10.1. The molecule has 0 aromatic heterocycles. The summed E-state index contributed by atoms with van der Waals surface area (Å²) in [4.78, 5) is 58.7. The molecule has 6 rings (SSSR count). The van der Waals surface area contributed by atoms with Crippen LogP contribution >= 0.6 is 0 Å². The van der Waals surface area contributed by atoms with Crippen LogP contribution in [0.1, 0.15) is 47.9 Å². The van der Waals surface area contributed by atoms with Crippen LogP contribution in [-0.4, -0.2) is 132 Å². The number of halogens is 1. The van der Waals surface area contributed by atoms with E-state index in [0.29, 0.717) is 0 Å². The fourth-order valence-corrected chi connectivity index (χ4v) is 7.05. The molecule has 1 aliphatic carbocycles. The number of benzene rings is 2. The monoisotopic (exact) mass is 703 g/mol. The van der Waals surface area contributed by atoms with Gasteiger partial charge in [0.05, 0.1) is 32.4 Å². The summed E-state index contributed by atoms with van der Waals surface area (Å²) < 4.78 is 24.9. The highest BCUT2D eigenvalue weighted by molar-refractivity contribution is 5.91. The number of carbonyl (C=O) groups excluding carboxylic acids is 3. The molecule has 13 heteroatoms. The van der Waals surface area contributed by atoms with Crippen LogP contribution in [0.5, 0.6) is 0 Å². The Morgan fingerprint density at radius 2 is 1.57 bits per heavy atom. The minimum absolute atomic E-state index is 0.121. The van der Waals surface area contributed by atoms with Crippen molar-refractivity contribution in [2.45, 2.75) is 63.1 Å². The first-order valence-electron chi connectivity index (χ1n) is 17.7. The smallest absolute Gasteiger partial charge is 0.408 e. The molecule has 51 heavy (non-hydrogen) atoms. The SMILES string of the molecule is COCCN(C(=O)[C@@H]1C[C@H](F)CN1C(=O)O)[C@@H]1C[C@H](C(=O)NCc2ccc(C#Cc3ccc(CN4CCOCC4)cc3)cc2)N(C(=O)C2CC2)C1. The van der Waals surface area contributed by atoms with Crippen LogP contribution in [-0.2, 0) is 36.9 Å². The standard InChI is InChI=1S/C38H46FN5O7/c1-50-17-16-42(37(47)34-20-31(39)24-44(34)38(48)49)32-21-33(43(25-32)36(46)30-12-13-30)35(45)40-22-28-8-4-26(5-9-28)2-3-27-6-10-29(11-7-27)23-41-14-18-51-19-15-41/h4-11,30-34H,12-25H2,1H3,(H,40,45)(H,48,49)/t31-,32+,33+,34-/m0/s1. The Morgan fingerprint density at radius 3 is 2.18 bits per heavy atom. The van der Waals surface area contributed by atoms with E-state index < -0.39 is 36.3 Å². The van der Waals surface area contributed by atoms with Crippen molar-refractivity contribution in [3.05, 3.63) is 70.8 Å². The predicted molar refractivity (Wildman–Crippen MR) is 185 cm³/mol. The first-order valence-corrected chi connectivity index (χ1v) is 17.7. The molecule has 4 atom stereocenters. The molecule has 2 aromatic rings. The number of nitrogens with one attached hydrogen (secondary N) is 1. The third-order valence-corrected chi connectivity index (χ3v) is 10.1. The van der Waals surface area contributed by atoms with Gasteiger partial charge in [-0.1, -0.05) is 36.1 Å². The van der Waals surface area contributed by atoms with Gasteiger partial charge in [0.1, 0.15) is 18.3 Å². The lowest BCUT2D eigenvalue weighted by Gasteiger charge is -2.33. The summed E-state index contributed by atoms with van der Waals surface area (Å²) in [7, 11) is 1.48. The van der Waals surface area contributed by atoms with Crippen molar-refractivity contribution in [1.29, 1.82) is 0 Å². The van der Waals surface area contributed by atoms with Gasteiger partial charge in [0.25, 0.3) is 0 Å². The van der Waals surface area contributed by atoms with Crippen molar-refractivity contribution in [3.8, 4) is 11.8 Å². The maximum atomic E-state index is 14.3. The van der Waals surface area contributed by atoms with Gasteiger partial charge in [0, 0.05) is 69.8 Å². The van der Waals surface area contributed by atoms with E-state index in [4.69, 9.17) is 9.47 Å². The molecule has 12 nitrogen and oxygen atoms in total. The van der Waals surface area contributed by atoms with Gasteiger partial charge in [-0.05, 0) is 54.7 Å². The normalized spacial score (nSPS) is 23.4. The number of hydrogen-bond donors (Lipinski definition) is 2. The lowest BCUT2D eigenvalue weighted by atomic mass is 10.1. The Hall–Kier alpha value is -4.51. The van der Waals surface area contributed by atoms with Crippen LogP contribution in [0.3, 0.4) is 0 Å². The van der Waals surface area contributed by atoms with Crippen LogP contribution in [0.4, 0.5) is 9.18 Å². The molecule has 3 heterocycles. The number of hydrogen-bond acceptors (Lipinski definition) is 7. The minimum atomic E-state index is -1.45. The first-order chi connectivity index (χ1) is 24.7. The Bertz CT molecular complexity index is 1620. The molecule has 4 aliphatic rings. The molecule has 2 N–H and O–H groups in total. The molecule has 4 amide bonds. The topological polar surface area (TPSA) is 132 Å². The van der Waals surface area contributed by atoms with Gasteiger partial charge in [-0.25, -0.2) is 9.18 Å². The maximum Gasteiger partial charge on any atom is 0.408 e. The molecule has 0 unspecified atom stereocenters. The predicted octanol–water partition coefficient (Wildman–Crippen LogP) is 2.48. The Morgan fingerprint density at radius 1 is 0.922 bits per heavy atom. The van der Waals surface area contributed by atoms with Gasteiger partial charge in [-0.3, -0.25) is 24.2 Å². The first kappa shape index (κ1) is 36.3. The number of morpholine rings is 1. The molecular formula is C38H46FN5O7. The summed E-state index contributed by atoms with van der Waals surface area (Å²) in [6, 6.07) is 13.4. The van der Waals surface area contributed by atoms with Gasteiger partial charge in [-0.2, -0.15) is 0 Å². The Labute approximate surface area is 297 Å². The molecular weight excluding hydrogens is 657 g/mol. The van der Waals surface area contributed by atoms with Gasteiger partial charge >= 0.3 is 6.09 Å². The van der Waals surface area contributed by atoms with E-state index >= 15 is 0 Å². The second-order valence-electron chi connectivity index (χ2n) is 13.7. The Kier molecular flexibility index (Phi) is 11.9. The van der Waals surface area contributed by atoms with E-state index in [-0.39, 0.29) is 63.4 Å². The molecule has 3 aliphatic heterocycles. The molecule has 0 spiro atoms. The van der Waals surface area contributed by atoms with E-state index in [1.807, 2.05) is 36.4 Å². The van der Waals surface area contributed by atoms with Gasteiger partial charge in [0.15, 0.2) is 0 Å². The number of likely N-dealkylation sites (tertiary alicyclic amines) is 2. The van der Waals surface area contributed by atoms with Gasteiger partial charge in [-0.15, -0.1) is 0 Å². The van der Waals surface area contributed by atoms with Crippen LogP contribution in [0.15, 0.2) is 48.5 Å². The van der Waals surface area contributed by atoms with E-state index in [0.717, 1.165) is 67.3 Å². The number of amides is 4. The van der Waals surface area contributed by atoms with Crippen molar-refractivity contribution < 1.29 is 38.1 Å².